The predicted octanol–water partition coefficient (Wildman–Crippen LogP) is 5.79. The van der Waals surface area contributed by atoms with Crippen molar-refractivity contribution in [3.63, 3.8) is 0 Å². The molecule has 0 bridgehead atoms. The molecule has 0 aliphatic carbocycles. The fourth-order valence-corrected chi connectivity index (χ4v) is 4.09. The number of benzene rings is 2. The van der Waals surface area contributed by atoms with E-state index in [0.29, 0.717) is 26.4 Å². The molecule has 1 fully saturated rings. The Morgan fingerprint density at radius 1 is 1.10 bits per heavy atom. The van der Waals surface area contributed by atoms with Crippen molar-refractivity contribution >= 4 is 28.7 Å². The zero-order valence-corrected chi connectivity index (χ0v) is 20.1. The van der Waals surface area contributed by atoms with Crippen LogP contribution >= 0.6 is 22.6 Å². The minimum Gasteiger partial charge on any atom is -0.488 e. The zero-order valence-electron chi connectivity index (χ0n) is 17.9. The van der Waals surface area contributed by atoms with Crippen molar-refractivity contribution in [3.8, 4) is 5.75 Å². The van der Waals surface area contributed by atoms with Crippen LogP contribution in [0.15, 0.2) is 48.5 Å². The van der Waals surface area contributed by atoms with Gasteiger partial charge in [0.15, 0.2) is 0 Å². The molecular formula is C24H30INO4. The Hall–Kier alpha value is -1.80. The third-order valence-electron chi connectivity index (χ3n) is 4.85. The maximum Gasteiger partial charge on any atom is 0.410 e. The first-order valence-electron chi connectivity index (χ1n) is 10.3. The lowest BCUT2D eigenvalue weighted by Gasteiger charge is -2.35. The second-order valence-corrected chi connectivity index (χ2v) is 9.65. The highest BCUT2D eigenvalue weighted by Crippen LogP contribution is 2.26. The average molecular weight is 523 g/mol. The third-order valence-corrected chi connectivity index (χ3v) is 5.69. The van der Waals surface area contributed by atoms with Crippen LogP contribution in [0.1, 0.15) is 44.7 Å². The summed E-state index contributed by atoms with van der Waals surface area (Å²) in [6.07, 6.45) is 1.39. The van der Waals surface area contributed by atoms with Crippen molar-refractivity contribution < 1.29 is 19.0 Å². The highest BCUT2D eigenvalue weighted by atomic mass is 127. The summed E-state index contributed by atoms with van der Waals surface area (Å²) in [7, 11) is 0. The van der Waals surface area contributed by atoms with Gasteiger partial charge in [0.2, 0.25) is 0 Å². The Kier molecular flexibility index (Phi) is 7.99. The summed E-state index contributed by atoms with van der Waals surface area (Å²) in [5, 5.41) is 0. The van der Waals surface area contributed by atoms with Crippen LogP contribution in [0.2, 0.25) is 0 Å². The molecular weight excluding hydrogens is 493 g/mol. The molecule has 0 spiro atoms. The van der Waals surface area contributed by atoms with Gasteiger partial charge >= 0.3 is 6.09 Å². The van der Waals surface area contributed by atoms with E-state index in [1.54, 1.807) is 0 Å². The monoisotopic (exact) mass is 523 g/mol. The van der Waals surface area contributed by atoms with Gasteiger partial charge in [0.1, 0.15) is 18.0 Å². The molecule has 0 N–H and O–H groups in total. The SMILES string of the molecule is CC(C)(C)OC(=O)N(Cc1ccc(OCc2ccccc2)c(I)c1)C1CCOCC1. The fourth-order valence-electron chi connectivity index (χ4n) is 3.35. The summed E-state index contributed by atoms with van der Waals surface area (Å²) in [5.74, 6) is 0.845. The van der Waals surface area contributed by atoms with E-state index >= 15 is 0 Å². The minimum absolute atomic E-state index is 0.125. The molecule has 5 nitrogen and oxygen atoms in total. The number of hydrogen-bond donors (Lipinski definition) is 0. The van der Waals surface area contributed by atoms with E-state index in [2.05, 4.69) is 28.7 Å². The van der Waals surface area contributed by atoms with E-state index < -0.39 is 5.60 Å². The van der Waals surface area contributed by atoms with Crippen LogP contribution in [0.5, 0.6) is 5.75 Å². The highest BCUT2D eigenvalue weighted by Gasteiger charge is 2.30. The van der Waals surface area contributed by atoms with Crippen molar-refractivity contribution in [3.05, 3.63) is 63.2 Å². The summed E-state index contributed by atoms with van der Waals surface area (Å²) in [6, 6.07) is 16.3. The summed E-state index contributed by atoms with van der Waals surface area (Å²) in [4.78, 5) is 14.8. The molecule has 1 aliphatic rings. The Balaban J connectivity index is 1.70. The number of nitrogens with zero attached hydrogens (tertiary/aromatic N) is 1. The molecule has 1 amide bonds. The van der Waals surface area contributed by atoms with E-state index in [0.717, 1.165) is 33.3 Å². The average Bonchev–Trinajstić information content (AvgIpc) is 2.71. The normalized spacial score (nSPS) is 14.9. The molecule has 1 aliphatic heterocycles. The quantitative estimate of drug-likeness (QED) is 0.450. The van der Waals surface area contributed by atoms with Crippen LogP contribution in [-0.2, 0) is 22.6 Å². The number of rotatable bonds is 6. The summed E-state index contributed by atoms with van der Waals surface area (Å²) in [5.41, 5.74) is 1.67. The van der Waals surface area contributed by atoms with E-state index in [1.165, 1.54) is 0 Å². The lowest BCUT2D eigenvalue weighted by atomic mass is 10.1. The van der Waals surface area contributed by atoms with E-state index in [4.69, 9.17) is 14.2 Å². The Labute approximate surface area is 192 Å². The van der Waals surface area contributed by atoms with Crippen molar-refractivity contribution in [1.82, 2.24) is 4.90 Å². The summed E-state index contributed by atoms with van der Waals surface area (Å²) < 4.78 is 18.2. The van der Waals surface area contributed by atoms with Crippen molar-refractivity contribution in [2.45, 2.75) is 58.4 Å². The number of hydrogen-bond acceptors (Lipinski definition) is 4. The first-order valence-corrected chi connectivity index (χ1v) is 11.4. The van der Waals surface area contributed by atoms with Crippen molar-refractivity contribution in [2.24, 2.45) is 0 Å². The van der Waals surface area contributed by atoms with Gasteiger partial charge in [0.25, 0.3) is 0 Å². The summed E-state index contributed by atoms with van der Waals surface area (Å²) in [6.45, 7) is 8.08. The molecule has 162 valence electrons. The number of carbonyl (C=O) groups excluding carboxylic acids is 1. The van der Waals surface area contributed by atoms with Gasteiger partial charge in [-0.05, 0) is 79.5 Å². The van der Waals surface area contributed by atoms with Crippen LogP contribution in [0.4, 0.5) is 4.79 Å². The van der Waals surface area contributed by atoms with Crippen molar-refractivity contribution in [1.29, 1.82) is 0 Å². The molecule has 0 aromatic heterocycles. The zero-order chi connectivity index (χ0) is 21.6. The molecule has 1 saturated heterocycles. The molecule has 3 rings (SSSR count). The summed E-state index contributed by atoms with van der Waals surface area (Å²) >= 11 is 2.29. The molecule has 2 aromatic carbocycles. The molecule has 0 radical (unpaired) electrons. The second-order valence-electron chi connectivity index (χ2n) is 8.49. The second kappa shape index (κ2) is 10.5. The Morgan fingerprint density at radius 3 is 2.43 bits per heavy atom. The van der Waals surface area contributed by atoms with Gasteiger partial charge in [-0.1, -0.05) is 36.4 Å². The molecule has 2 aromatic rings. The van der Waals surface area contributed by atoms with Gasteiger partial charge in [-0.15, -0.1) is 0 Å². The van der Waals surface area contributed by atoms with Gasteiger partial charge in [-0.3, -0.25) is 0 Å². The topological polar surface area (TPSA) is 48.0 Å². The van der Waals surface area contributed by atoms with Gasteiger partial charge < -0.3 is 19.1 Å². The molecule has 30 heavy (non-hydrogen) atoms. The maximum absolute atomic E-state index is 12.9. The first-order chi connectivity index (χ1) is 14.3. The number of amides is 1. The lowest BCUT2D eigenvalue weighted by molar-refractivity contribution is -0.00808. The maximum atomic E-state index is 12.9. The van der Waals surface area contributed by atoms with Gasteiger partial charge in [0.05, 0.1) is 3.57 Å². The minimum atomic E-state index is -0.524. The Bertz CT molecular complexity index is 829. The number of halogens is 1. The van der Waals surface area contributed by atoms with Crippen LogP contribution in [-0.4, -0.2) is 35.8 Å². The van der Waals surface area contributed by atoms with E-state index in [1.807, 2.05) is 68.1 Å². The third kappa shape index (κ3) is 6.87. The number of ether oxygens (including phenoxy) is 3. The highest BCUT2D eigenvalue weighted by molar-refractivity contribution is 14.1. The van der Waals surface area contributed by atoms with Gasteiger partial charge in [0, 0.05) is 25.8 Å². The standard InChI is InChI=1S/C24H30INO4/c1-24(2,3)30-23(27)26(20-11-13-28-14-12-20)16-19-9-10-22(21(25)15-19)29-17-18-7-5-4-6-8-18/h4-10,15,20H,11-14,16-17H2,1-3H3. The van der Waals surface area contributed by atoms with Gasteiger partial charge in [-0.2, -0.15) is 0 Å². The molecule has 0 atom stereocenters. The Morgan fingerprint density at radius 2 is 1.80 bits per heavy atom. The van der Waals surface area contributed by atoms with Crippen LogP contribution in [0.25, 0.3) is 0 Å². The fraction of sp³-hybridized carbons (Fsp3) is 0.458. The van der Waals surface area contributed by atoms with Crippen molar-refractivity contribution in [2.75, 3.05) is 13.2 Å². The first kappa shape index (κ1) is 22.9. The largest absolute Gasteiger partial charge is 0.488 e. The van der Waals surface area contributed by atoms with Crippen LogP contribution < -0.4 is 4.74 Å². The lowest BCUT2D eigenvalue weighted by Crippen LogP contribution is -2.45. The molecule has 0 saturated carbocycles. The van der Waals surface area contributed by atoms with Gasteiger partial charge in [-0.25, -0.2) is 4.79 Å². The predicted molar refractivity (Wildman–Crippen MR) is 126 cm³/mol. The smallest absolute Gasteiger partial charge is 0.410 e. The molecule has 0 unspecified atom stereocenters. The van der Waals surface area contributed by atoms with E-state index in [9.17, 15) is 4.79 Å². The van der Waals surface area contributed by atoms with E-state index in [-0.39, 0.29) is 12.1 Å². The molecule has 6 heteroatoms. The van der Waals surface area contributed by atoms with Crippen LogP contribution in [0, 0.1) is 3.57 Å². The molecule has 1 heterocycles. The number of carbonyl (C=O) groups is 1. The van der Waals surface area contributed by atoms with Crippen LogP contribution in [0.3, 0.4) is 0 Å².